The molecule has 3 rings (SSSR count). The van der Waals surface area contributed by atoms with Gasteiger partial charge in [-0.05, 0) is 56.4 Å². The summed E-state index contributed by atoms with van der Waals surface area (Å²) < 4.78 is 0. The molecule has 2 fully saturated rings. The van der Waals surface area contributed by atoms with Crippen LogP contribution in [-0.2, 0) is 11.2 Å². The van der Waals surface area contributed by atoms with Crippen molar-refractivity contribution in [2.45, 2.75) is 64.0 Å². The van der Waals surface area contributed by atoms with Crippen LogP contribution < -0.4 is 11.1 Å². The van der Waals surface area contributed by atoms with Gasteiger partial charge in [-0.1, -0.05) is 36.2 Å². The van der Waals surface area contributed by atoms with E-state index in [9.17, 15) is 4.79 Å². The number of hydrogen-bond donors (Lipinski definition) is 2. The van der Waals surface area contributed by atoms with Crippen LogP contribution in [0.5, 0.6) is 0 Å². The maximum Gasteiger partial charge on any atom is 0.220 e. The first kappa shape index (κ1) is 15.5. The Morgan fingerprint density at radius 3 is 2.45 bits per heavy atom. The largest absolute Gasteiger partial charge is 0.353 e. The summed E-state index contributed by atoms with van der Waals surface area (Å²) in [7, 11) is 0. The van der Waals surface area contributed by atoms with Crippen LogP contribution in [0.4, 0.5) is 0 Å². The first-order chi connectivity index (χ1) is 10.6. The minimum absolute atomic E-state index is 0.206. The Hall–Kier alpha value is -1.35. The van der Waals surface area contributed by atoms with E-state index in [1.165, 1.54) is 30.4 Å². The van der Waals surface area contributed by atoms with Gasteiger partial charge < -0.3 is 11.1 Å². The van der Waals surface area contributed by atoms with Crippen LogP contribution >= 0.6 is 0 Å². The summed E-state index contributed by atoms with van der Waals surface area (Å²) in [5.74, 6) is 1.41. The highest BCUT2D eigenvalue weighted by atomic mass is 16.1. The third-order valence-electron chi connectivity index (χ3n) is 5.47. The van der Waals surface area contributed by atoms with E-state index < -0.39 is 0 Å². The molecule has 22 heavy (non-hydrogen) atoms. The van der Waals surface area contributed by atoms with Crippen molar-refractivity contribution in [3.63, 3.8) is 0 Å². The minimum Gasteiger partial charge on any atom is -0.353 e. The van der Waals surface area contributed by atoms with Crippen molar-refractivity contribution in [2.75, 3.05) is 0 Å². The van der Waals surface area contributed by atoms with Gasteiger partial charge in [0.15, 0.2) is 0 Å². The van der Waals surface area contributed by atoms with E-state index in [1.807, 2.05) is 0 Å². The van der Waals surface area contributed by atoms with E-state index in [2.05, 4.69) is 36.5 Å². The highest BCUT2D eigenvalue weighted by Crippen LogP contribution is 2.39. The summed E-state index contributed by atoms with van der Waals surface area (Å²) in [5.41, 5.74) is 8.66. The van der Waals surface area contributed by atoms with Crippen molar-refractivity contribution in [2.24, 2.45) is 17.6 Å². The molecule has 3 heteroatoms. The summed E-state index contributed by atoms with van der Waals surface area (Å²) in [5, 5.41) is 3.33. The van der Waals surface area contributed by atoms with E-state index in [-0.39, 0.29) is 5.91 Å². The number of aryl methyl sites for hydroxylation is 2. The lowest BCUT2D eigenvalue weighted by molar-refractivity contribution is -0.123. The van der Waals surface area contributed by atoms with Gasteiger partial charge in [-0.2, -0.15) is 0 Å². The number of amides is 1. The molecule has 1 amide bonds. The fourth-order valence-electron chi connectivity index (χ4n) is 4.30. The number of nitrogens with one attached hydrogen (secondary N) is 1. The van der Waals surface area contributed by atoms with Crippen molar-refractivity contribution in [3.8, 4) is 0 Å². The standard InChI is InChI=1S/C19H28N2O/c1-13-5-7-14(8-6-13)9-10-18(22)21-19-15-3-2-4-16(19)12-17(20)11-15/h5-8,15-17,19H,2-4,9-12,20H2,1H3,(H,21,22). The number of nitrogens with two attached hydrogens (primary N) is 1. The summed E-state index contributed by atoms with van der Waals surface area (Å²) in [4.78, 5) is 12.3. The monoisotopic (exact) mass is 300 g/mol. The van der Waals surface area contributed by atoms with Gasteiger partial charge in [0.05, 0.1) is 0 Å². The molecule has 0 aliphatic heterocycles. The molecule has 0 heterocycles. The molecule has 0 radical (unpaired) electrons. The third kappa shape index (κ3) is 3.70. The summed E-state index contributed by atoms with van der Waals surface area (Å²) in [6.07, 6.45) is 7.34. The second-order valence-corrected chi connectivity index (χ2v) is 7.26. The van der Waals surface area contributed by atoms with Crippen molar-refractivity contribution in [1.82, 2.24) is 5.32 Å². The molecule has 3 N–H and O–H groups in total. The quantitative estimate of drug-likeness (QED) is 0.898. The SMILES string of the molecule is Cc1ccc(CCC(=O)NC2C3CCCC2CC(N)C3)cc1. The van der Waals surface area contributed by atoms with Crippen LogP contribution in [0.3, 0.4) is 0 Å². The molecule has 2 atom stereocenters. The highest BCUT2D eigenvalue weighted by Gasteiger charge is 2.39. The lowest BCUT2D eigenvalue weighted by atomic mass is 9.67. The summed E-state index contributed by atoms with van der Waals surface area (Å²) in [6, 6.07) is 9.18. The molecule has 2 aliphatic rings. The zero-order valence-electron chi connectivity index (χ0n) is 13.6. The number of benzene rings is 1. The van der Waals surface area contributed by atoms with Gasteiger partial charge in [0.25, 0.3) is 0 Å². The summed E-state index contributed by atoms with van der Waals surface area (Å²) in [6.45, 7) is 2.09. The van der Waals surface area contributed by atoms with Gasteiger partial charge in [0, 0.05) is 18.5 Å². The lowest BCUT2D eigenvalue weighted by Gasteiger charge is -2.45. The van der Waals surface area contributed by atoms with Crippen molar-refractivity contribution in [1.29, 1.82) is 0 Å². The molecule has 1 aromatic rings. The number of rotatable bonds is 4. The topological polar surface area (TPSA) is 55.1 Å². The molecular formula is C19H28N2O. The average Bonchev–Trinajstić information content (AvgIpc) is 2.48. The zero-order valence-corrected chi connectivity index (χ0v) is 13.6. The molecule has 0 aromatic heterocycles. The molecule has 0 saturated heterocycles. The molecule has 120 valence electrons. The number of fused-ring (bicyclic) bond motifs is 2. The Balaban J connectivity index is 1.52. The van der Waals surface area contributed by atoms with Crippen LogP contribution in [-0.4, -0.2) is 18.0 Å². The number of hydrogen-bond acceptors (Lipinski definition) is 2. The van der Waals surface area contributed by atoms with E-state index in [0.29, 0.717) is 30.3 Å². The van der Waals surface area contributed by atoms with Crippen molar-refractivity contribution < 1.29 is 4.79 Å². The summed E-state index contributed by atoms with van der Waals surface area (Å²) >= 11 is 0. The Morgan fingerprint density at radius 2 is 1.82 bits per heavy atom. The van der Waals surface area contributed by atoms with Gasteiger partial charge in [0.2, 0.25) is 5.91 Å². The fraction of sp³-hybridized carbons (Fsp3) is 0.632. The Labute approximate surface area is 133 Å². The van der Waals surface area contributed by atoms with E-state index in [1.54, 1.807) is 0 Å². The predicted octanol–water partition coefficient (Wildman–Crippen LogP) is 2.95. The van der Waals surface area contributed by atoms with Crippen LogP contribution in [0.2, 0.25) is 0 Å². The maximum atomic E-state index is 12.3. The zero-order chi connectivity index (χ0) is 15.5. The number of carbonyl (C=O) groups is 1. The smallest absolute Gasteiger partial charge is 0.220 e. The second kappa shape index (κ2) is 6.82. The third-order valence-corrected chi connectivity index (χ3v) is 5.47. The highest BCUT2D eigenvalue weighted by molar-refractivity contribution is 5.76. The normalized spacial score (nSPS) is 30.8. The second-order valence-electron chi connectivity index (χ2n) is 7.26. The molecule has 2 aliphatic carbocycles. The molecule has 2 unspecified atom stereocenters. The molecule has 1 aromatic carbocycles. The molecule has 3 nitrogen and oxygen atoms in total. The molecule has 2 saturated carbocycles. The Kier molecular flexibility index (Phi) is 4.82. The van der Waals surface area contributed by atoms with Gasteiger partial charge >= 0.3 is 0 Å². The molecule has 0 spiro atoms. The van der Waals surface area contributed by atoms with Gasteiger partial charge in [0.1, 0.15) is 0 Å². The van der Waals surface area contributed by atoms with Crippen LogP contribution in [0.25, 0.3) is 0 Å². The molecule has 2 bridgehead atoms. The first-order valence-electron chi connectivity index (χ1n) is 8.72. The van der Waals surface area contributed by atoms with Crippen molar-refractivity contribution >= 4 is 5.91 Å². The van der Waals surface area contributed by atoms with Gasteiger partial charge in [-0.3, -0.25) is 4.79 Å². The number of carbonyl (C=O) groups excluding carboxylic acids is 1. The maximum absolute atomic E-state index is 12.3. The predicted molar refractivity (Wildman–Crippen MR) is 89.5 cm³/mol. The lowest BCUT2D eigenvalue weighted by Crippen LogP contribution is -2.53. The van der Waals surface area contributed by atoms with Gasteiger partial charge in [-0.15, -0.1) is 0 Å². The fourth-order valence-corrected chi connectivity index (χ4v) is 4.30. The van der Waals surface area contributed by atoms with Crippen LogP contribution in [0.1, 0.15) is 49.7 Å². The van der Waals surface area contributed by atoms with E-state index in [0.717, 1.165) is 19.3 Å². The van der Waals surface area contributed by atoms with E-state index in [4.69, 9.17) is 5.73 Å². The first-order valence-corrected chi connectivity index (χ1v) is 8.72. The van der Waals surface area contributed by atoms with E-state index >= 15 is 0 Å². The van der Waals surface area contributed by atoms with Crippen LogP contribution in [0.15, 0.2) is 24.3 Å². The van der Waals surface area contributed by atoms with Crippen molar-refractivity contribution in [3.05, 3.63) is 35.4 Å². The minimum atomic E-state index is 0.206. The van der Waals surface area contributed by atoms with Crippen LogP contribution in [0, 0.1) is 18.8 Å². The Bertz CT molecular complexity index is 497. The van der Waals surface area contributed by atoms with Gasteiger partial charge in [-0.25, -0.2) is 0 Å². The molecular weight excluding hydrogens is 272 g/mol. The Morgan fingerprint density at radius 1 is 1.18 bits per heavy atom. The average molecular weight is 300 g/mol.